The highest BCUT2D eigenvalue weighted by atomic mass is 16.3. The van der Waals surface area contributed by atoms with Gasteiger partial charge in [-0.25, -0.2) is 4.98 Å². The maximum absolute atomic E-state index is 5.11. The monoisotopic (exact) mass is 180 g/mol. The summed E-state index contributed by atoms with van der Waals surface area (Å²) in [6, 6.07) is 0. The van der Waals surface area contributed by atoms with Crippen LogP contribution in [0, 0.1) is 11.3 Å². The third kappa shape index (κ3) is 2.10. The zero-order valence-corrected chi connectivity index (χ0v) is 8.21. The van der Waals surface area contributed by atoms with Crippen LogP contribution in [0.2, 0.25) is 0 Å². The van der Waals surface area contributed by atoms with E-state index < -0.39 is 0 Å². The molecule has 1 heterocycles. The minimum absolute atomic E-state index is 0.564. The van der Waals surface area contributed by atoms with Crippen LogP contribution in [0.4, 0.5) is 0 Å². The van der Waals surface area contributed by atoms with E-state index in [1.54, 1.807) is 6.20 Å². The van der Waals surface area contributed by atoms with Gasteiger partial charge in [-0.05, 0) is 24.3 Å². The Morgan fingerprint density at radius 1 is 1.69 bits per heavy atom. The minimum atomic E-state index is 0.564. The van der Waals surface area contributed by atoms with Gasteiger partial charge in [-0.15, -0.1) is 0 Å². The Balaban J connectivity index is 1.66. The molecule has 1 saturated carbocycles. The van der Waals surface area contributed by atoms with Crippen molar-refractivity contribution in [2.45, 2.75) is 26.8 Å². The lowest BCUT2D eigenvalue weighted by atomic mass is 10.1. The van der Waals surface area contributed by atoms with Crippen molar-refractivity contribution in [3.63, 3.8) is 0 Å². The second-order valence-corrected chi connectivity index (χ2v) is 4.49. The normalized spacial score (nSPS) is 24.6. The van der Waals surface area contributed by atoms with Crippen LogP contribution >= 0.6 is 0 Å². The smallest absolute Gasteiger partial charge is 0.180 e. The summed E-state index contributed by atoms with van der Waals surface area (Å²) in [5.41, 5.74) is 0.564. The van der Waals surface area contributed by atoms with E-state index in [0.717, 1.165) is 24.8 Å². The van der Waals surface area contributed by atoms with Crippen LogP contribution < -0.4 is 5.32 Å². The van der Waals surface area contributed by atoms with Crippen LogP contribution in [0.3, 0.4) is 0 Å². The molecule has 0 aliphatic heterocycles. The Bertz CT molecular complexity index is 266. The Kier molecular flexibility index (Phi) is 2.12. The average Bonchev–Trinajstić information content (AvgIpc) is 2.53. The van der Waals surface area contributed by atoms with Gasteiger partial charge in [0, 0.05) is 0 Å². The van der Waals surface area contributed by atoms with Crippen molar-refractivity contribution >= 4 is 0 Å². The van der Waals surface area contributed by atoms with Crippen molar-refractivity contribution in [2.24, 2.45) is 11.3 Å². The van der Waals surface area contributed by atoms with Gasteiger partial charge in [0.05, 0.1) is 12.7 Å². The predicted molar refractivity (Wildman–Crippen MR) is 50.1 cm³/mol. The molecule has 0 saturated heterocycles. The maximum atomic E-state index is 5.11. The molecular formula is C10H16N2O. The molecule has 0 spiro atoms. The number of rotatable bonds is 4. The molecule has 0 amide bonds. The number of aromatic nitrogens is 1. The highest BCUT2D eigenvalue weighted by Crippen LogP contribution is 2.50. The standard InChI is InChI=1S/C10H16N2O/c1-10(2)3-8(10)4-11-5-9-6-12-7-13-9/h6-8,11H,3-5H2,1-2H3. The minimum Gasteiger partial charge on any atom is -0.447 e. The highest BCUT2D eigenvalue weighted by molar-refractivity contribution is 4.97. The van der Waals surface area contributed by atoms with Crippen LogP contribution in [0.5, 0.6) is 0 Å². The molecule has 3 heteroatoms. The molecular weight excluding hydrogens is 164 g/mol. The van der Waals surface area contributed by atoms with Gasteiger partial charge >= 0.3 is 0 Å². The van der Waals surface area contributed by atoms with Crippen molar-refractivity contribution in [1.82, 2.24) is 10.3 Å². The quantitative estimate of drug-likeness (QED) is 0.768. The topological polar surface area (TPSA) is 38.1 Å². The van der Waals surface area contributed by atoms with Crippen molar-refractivity contribution < 1.29 is 4.42 Å². The number of nitrogens with zero attached hydrogens (tertiary/aromatic N) is 1. The van der Waals surface area contributed by atoms with Gasteiger partial charge in [-0.3, -0.25) is 0 Å². The Hall–Kier alpha value is -0.830. The molecule has 1 atom stereocenters. The van der Waals surface area contributed by atoms with Gasteiger partial charge in [0.25, 0.3) is 0 Å². The third-order valence-corrected chi connectivity index (χ3v) is 2.89. The van der Waals surface area contributed by atoms with E-state index in [1.807, 2.05) is 0 Å². The van der Waals surface area contributed by atoms with Crippen LogP contribution in [0.25, 0.3) is 0 Å². The van der Waals surface area contributed by atoms with E-state index in [0.29, 0.717) is 5.41 Å². The first kappa shape index (κ1) is 8.75. The second kappa shape index (κ2) is 3.14. The average molecular weight is 180 g/mol. The molecule has 13 heavy (non-hydrogen) atoms. The summed E-state index contributed by atoms with van der Waals surface area (Å²) in [6.07, 6.45) is 4.57. The maximum Gasteiger partial charge on any atom is 0.180 e. The van der Waals surface area contributed by atoms with Gasteiger partial charge in [0.15, 0.2) is 6.39 Å². The lowest BCUT2D eigenvalue weighted by Crippen LogP contribution is -2.17. The largest absolute Gasteiger partial charge is 0.447 e. The van der Waals surface area contributed by atoms with Crippen molar-refractivity contribution in [1.29, 1.82) is 0 Å². The first-order chi connectivity index (χ1) is 6.18. The molecule has 3 nitrogen and oxygen atoms in total. The molecule has 0 aromatic carbocycles. The molecule has 0 bridgehead atoms. The highest BCUT2D eigenvalue weighted by Gasteiger charge is 2.44. The fraction of sp³-hybridized carbons (Fsp3) is 0.700. The predicted octanol–water partition coefficient (Wildman–Crippen LogP) is 1.81. The van der Waals surface area contributed by atoms with Crippen molar-refractivity contribution in [2.75, 3.05) is 6.54 Å². The fourth-order valence-corrected chi connectivity index (χ4v) is 1.62. The van der Waals surface area contributed by atoms with E-state index in [4.69, 9.17) is 4.42 Å². The molecule has 1 aromatic heterocycles. The van der Waals surface area contributed by atoms with Gasteiger partial charge < -0.3 is 9.73 Å². The number of oxazole rings is 1. The summed E-state index contributed by atoms with van der Waals surface area (Å²) in [5.74, 6) is 1.76. The summed E-state index contributed by atoms with van der Waals surface area (Å²) >= 11 is 0. The first-order valence-corrected chi connectivity index (χ1v) is 4.76. The van der Waals surface area contributed by atoms with E-state index in [1.165, 1.54) is 12.8 Å². The first-order valence-electron chi connectivity index (χ1n) is 4.76. The summed E-state index contributed by atoms with van der Waals surface area (Å²) in [6.45, 7) is 6.52. The van der Waals surface area contributed by atoms with Crippen LogP contribution in [-0.2, 0) is 6.54 Å². The summed E-state index contributed by atoms with van der Waals surface area (Å²) < 4.78 is 5.11. The van der Waals surface area contributed by atoms with Crippen molar-refractivity contribution in [3.8, 4) is 0 Å². The molecule has 1 aromatic rings. The number of hydrogen-bond donors (Lipinski definition) is 1. The van der Waals surface area contributed by atoms with Crippen molar-refractivity contribution in [3.05, 3.63) is 18.4 Å². The molecule has 1 aliphatic carbocycles. The van der Waals surface area contributed by atoms with Crippen LogP contribution in [0.1, 0.15) is 26.0 Å². The summed E-state index contributed by atoms with van der Waals surface area (Å²) in [4.78, 5) is 3.86. The second-order valence-electron chi connectivity index (χ2n) is 4.49. The molecule has 0 radical (unpaired) electrons. The lowest BCUT2D eigenvalue weighted by molar-refractivity contribution is 0.460. The molecule has 1 fully saturated rings. The molecule has 72 valence electrons. The van der Waals surface area contributed by atoms with E-state index in [2.05, 4.69) is 24.1 Å². The zero-order valence-electron chi connectivity index (χ0n) is 8.21. The molecule has 2 rings (SSSR count). The fourth-order valence-electron chi connectivity index (χ4n) is 1.62. The number of nitrogens with one attached hydrogen (secondary N) is 1. The SMILES string of the molecule is CC1(C)CC1CNCc1cnco1. The van der Waals surface area contributed by atoms with E-state index in [-0.39, 0.29) is 0 Å². The number of hydrogen-bond acceptors (Lipinski definition) is 3. The summed E-state index contributed by atoms with van der Waals surface area (Å²) in [7, 11) is 0. The van der Waals surface area contributed by atoms with Gasteiger partial charge in [0.1, 0.15) is 5.76 Å². The Morgan fingerprint density at radius 3 is 3.00 bits per heavy atom. The van der Waals surface area contributed by atoms with E-state index in [9.17, 15) is 0 Å². The van der Waals surface area contributed by atoms with Gasteiger partial charge in [0.2, 0.25) is 0 Å². The lowest BCUT2D eigenvalue weighted by Gasteiger charge is -2.03. The van der Waals surface area contributed by atoms with E-state index >= 15 is 0 Å². The Labute approximate surface area is 78.5 Å². The van der Waals surface area contributed by atoms with Crippen LogP contribution in [0.15, 0.2) is 17.0 Å². The van der Waals surface area contributed by atoms with Crippen LogP contribution in [-0.4, -0.2) is 11.5 Å². The zero-order chi connectivity index (χ0) is 9.31. The molecule has 1 N–H and O–H groups in total. The third-order valence-electron chi connectivity index (χ3n) is 2.89. The molecule has 1 unspecified atom stereocenters. The summed E-state index contributed by atoms with van der Waals surface area (Å²) in [5, 5.41) is 3.37. The Morgan fingerprint density at radius 2 is 2.46 bits per heavy atom. The molecule has 1 aliphatic rings. The van der Waals surface area contributed by atoms with Gasteiger partial charge in [-0.2, -0.15) is 0 Å². The van der Waals surface area contributed by atoms with Gasteiger partial charge in [-0.1, -0.05) is 13.8 Å².